The van der Waals surface area contributed by atoms with E-state index in [-0.39, 0.29) is 0 Å². The summed E-state index contributed by atoms with van der Waals surface area (Å²) < 4.78 is 0. The summed E-state index contributed by atoms with van der Waals surface area (Å²) >= 11 is 1.52. The van der Waals surface area contributed by atoms with Gasteiger partial charge in [-0.3, -0.25) is 0 Å². The summed E-state index contributed by atoms with van der Waals surface area (Å²) in [4.78, 5) is 20.6. The second-order valence-electron chi connectivity index (χ2n) is 4.05. The smallest absolute Gasteiger partial charge is 0.337 e. The first-order chi connectivity index (χ1) is 7.66. The number of pyridine rings is 1. The summed E-state index contributed by atoms with van der Waals surface area (Å²) in [5, 5.41) is 10.1. The van der Waals surface area contributed by atoms with Crippen molar-refractivity contribution in [3.8, 4) is 0 Å². The third-order valence-electron chi connectivity index (χ3n) is 2.79. The lowest BCUT2D eigenvalue weighted by Gasteiger charge is -2.03. The maximum atomic E-state index is 11.1. The number of carboxylic acids is 1. The molecule has 3 rings (SSSR count). The number of nitrogens with zero attached hydrogens (tertiary/aromatic N) is 2. The van der Waals surface area contributed by atoms with Crippen LogP contribution in [0.15, 0.2) is 6.20 Å². The van der Waals surface area contributed by atoms with Crippen LogP contribution in [0, 0.1) is 6.92 Å². The molecule has 0 amide bonds. The van der Waals surface area contributed by atoms with Crippen LogP contribution in [0.5, 0.6) is 0 Å². The molecule has 1 saturated carbocycles. The van der Waals surface area contributed by atoms with E-state index in [9.17, 15) is 4.79 Å². The molecule has 0 aliphatic heterocycles. The van der Waals surface area contributed by atoms with E-state index in [2.05, 4.69) is 9.97 Å². The largest absolute Gasteiger partial charge is 0.478 e. The maximum absolute atomic E-state index is 11.1. The molecule has 4 nitrogen and oxygen atoms in total. The van der Waals surface area contributed by atoms with E-state index in [0.29, 0.717) is 11.5 Å². The average molecular weight is 234 g/mol. The molecule has 0 saturated heterocycles. The first-order valence-electron chi connectivity index (χ1n) is 5.16. The Bertz CT molecular complexity index is 587. The first-order valence-corrected chi connectivity index (χ1v) is 5.98. The number of carboxylic acid groups (broad SMARTS) is 1. The molecule has 1 aliphatic rings. The minimum atomic E-state index is -0.901. The molecule has 0 bridgehead atoms. The minimum absolute atomic E-state index is 0.320. The molecule has 0 unspecified atom stereocenters. The highest BCUT2D eigenvalue weighted by molar-refractivity contribution is 7.18. The Hall–Kier alpha value is -1.49. The van der Waals surface area contributed by atoms with Gasteiger partial charge in [-0.2, -0.15) is 0 Å². The zero-order chi connectivity index (χ0) is 11.3. The van der Waals surface area contributed by atoms with E-state index in [4.69, 9.17) is 5.11 Å². The van der Waals surface area contributed by atoms with Crippen LogP contribution in [-0.4, -0.2) is 21.0 Å². The van der Waals surface area contributed by atoms with E-state index in [1.165, 1.54) is 17.5 Å². The molecule has 0 aromatic carbocycles. The van der Waals surface area contributed by atoms with Crippen LogP contribution < -0.4 is 0 Å². The SMILES string of the molecule is Cc1nc2c(C3CC3)c(C(=O)O)cnc2s1. The molecule has 2 aromatic heterocycles. The third-order valence-corrected chi connectivity index (χ3v) is 3.67. The lowest BCUT2D eigenvalue weighted by molar-refractivity contribution is 0.0695. The number of fused-ring (bicyclic) bond motifs is 1. The lowest BCUT2D eigenvalue weighted by atomic mass is 10.1. The van der Waals surface area contributed by atoms with Gasteiger partial charge in [0, 0.05) is 11.8 Å². The van der Waals surface area contributed by atoms with Gasteiger partial charge in [-0.15, -0.1) is 0 Å². The Labute approximate surface area is 96.0 Å². The van der Waals surface area contributed by atoms with Crippen LogP contribution in [0.2, 0.25) is 0 Å². The van der Waals surface area contributed by atoms with Crippen molar-refractivity contribution in [3.63, 3.8) is 0 Å². The van der Waals surface area contributed by atoms with Crippen LogP contribution in [0.3, 0.4) is 0 Å². The molecular formula is C11H10N2O2S. The molecule has 1 aliphatic carbocycles. The highest BCUT2D eigenvalue weighted by Crippen LogP contribution is 2.44. The molecule has 0 spiro atoms. The van der Waals surface area contributed by atoms with Crippen LogP contribution >= 0.6 is 11.3 Å². The Morgan fingerprint density at radius 1 is 1.56 bits per heavy atom. The van der Waals surface area contributed by atoms with E-state index < -0.39 is 5.97 Å². The van der Waals surface area contributed by atoms with Crippen LogP contribution in [0.1, 0.15) is 39.7 Å². The van der Waals surface area contributed by atoms with Crippen molar-refractivity contribution in [2.75, 3.05) is 0 Å². The summed E-state index contributed by atoms with van der Waals surface area (Å²) in [5.74, 6) is -0.528. The second kappa shape index (κ2) is 3.25. The van der Waals surface area contributed by atoms with Crippen molar-refractivity contribution in [1.82, 2.24) is 9.97 Å². The molecule has 0 radical (unpaired) electrons. The molecule has 1 N–H and O–H groups in total. The number of rotatable bonds is 2. The summed E-state index contributed by atoms with van der Waals surface area (Å²) in [6, 6.07) is 0. The quantitative estimate of drug-likeness (QED) is 0.867. The first kappa shape index (κ1) is 9.72. The molecule has 1 fully saturated rings. The third kappa shape index (κ3) is 1.39. The van der Waals surface area contributed by atoms with Crippen molar-refractivity contribution < 1.29 is 9.90 Å². The van der Waals surface area contributed by atoms with Crippen LogP contribution in [0.25, 0.3) is 10.3 Å². The van der Waals surface area contributed by atoms with Crippen molar-refractivity contribution in [3.05, 3.63) is 22.3 Å². The molecule has 5 heteroatoms. The van der Waals surface area contributed by atoms with Gasteiger partial charge in [-0.1, -0.05) is 11.3 Å². The zero-order valence-electron chi connectivity index (χ0n) is 8.73. The van der Waals surface area contributed by atoms with E-state index in [0.717, 1.165) is 33.8 Å². The average Bonchev–Trinajstić information content (AvgIpc) is 2.97. The van der Waals surface area contributed by atoms with Gasteiger partial charge < -0.3 is 5.11 Å². The Balaban J connectivity index is 2.34. The fraction of sp³-hybridized carbons (Fsp3) is 0.364. The standard InChI is InChI=1S/C11H10N2O2S/c1-5-13-9-8(6-2-3-6)7(11(14)15)4-12-10(9)16-5/h4,6H,2-3H2,1H3,(H,14,15). The topological polar surface area (TPSA) is 63.1 Å². The van der Waals surface area contributed by atoms with Crippen molar-refractivity contribution in [2.45, 2.75) is 25.7 Å². The van der Waals surface area contributed by atoms with Gasteiger partial charge in [-0.05, 0) is 25.7 Å². The van der Waals surface area contributed by atoms with Crippen molar-refractivity contribution in [2.24, 2.45) is 0 Å². The predicted molar refractivity (Wildman–Crippen MR) is 61.1 cm³/mol. The number of carbonyl (C=O) groups is 1. The maximum Gasteiger partial charge on any atom is 0.337 e. The molecular weight excluding hydrogens is 224 g/mol. The van der Waals surface area contributed by atoms with Gasteiger partial charge in [0.05, 0.1) is 10.6 Å². The molecule has 16 heavy (non-hydrogen) atoms. The van der Waals surface area contributed by atoms with Gasteiger partial charge in [0.2, 0.25) is 0 Å². The normalized spacial score (nSPS) is 15.6. The number of hydrogen-bond donors (Lipinski definition) is 1. The number of aromatic nitrogens is 2. The fourth-order valence-electron chi connectivity index (χ4n) is 1.96. The second-order valence-corrected chi connectivity index (χ2v) is 5.23. The Morgan fingerprint density at radius 3 is 2.94 bits per heavy atom. The highest BCUT2D eigenvalue weighted by Gasteiger charge is 2.31. The lowest BCUT2D eigenvalue weighted by Crippen LogP contribution is -2.03. The Morgan fingerprint density at radius 2 is 2.31 bits per heavy atom. The zero-order valence-corrected chi connectivity index (χ0v) is 9.54. The molecule has 2 heterocycles. The van der Waals surface area contributed by atoms with Gasteiger partial charge in [-0.25, -0.2) is 14.8 Å². The van der Waals surface area contributed by atoms with Crippen molar-refractivity contribution in [1.29, 1.82) is 0 Å². The van der Waals surface area contributed by atoms with E-state index >= 15 is 0 Å². The van der Waals surface area contributed by atoms with Crippen LogP contribution in [-0.2, 0) is 0 Å². The Kier molecular flexibility index (Phi) is 1.97. The predicted octanol–water partition coefficient (Wildman–Crippen LogP) is 2.58. The number of aromatic carboxylic acids is 1. The highest BCUT2D eigenvalue weighted by atomic mass is 32.1. The fourth-order valence-corrected chi connectivity index (χ4v) is 2.73. The summed E-state index contributed by atoms with van der Waals surface area (Å²) in [7, 11) is 0. The summed E-state index contributed by atoms with van der Waals surface area (Å²) in [6.45, 7) is 1.92. The van der Waals surface area contributed by atoms with Crippen LogP contribution in [0.4, 0.5) is 0 Å². The molecule has 2 aromatic rings. The summed E-state index contributed by atoms with van der Waals surface area (Å²) in [5.41, 5.74) is 2.01. The van der Waals surface area contributed by atoms with Gasteiger partial charge in [0.15, 0.2) is 0 Å². The number of aryl methyl sites for hydroxylation is 1. The summed E-state index contributed by atoms with van der Waals surface area (Å²) in [6.07, 6.45) is 3.60. The molecule has 0 atom stereocenters. The monoisotopic (exact) mass is 234 g/mol. The molecule has 82 valence electrons. The minimum Gasteiger partial charge on any atom is -0.478 e. The number of hydrogen-bond acceptors (Lipinski definition) is 4. The van der Waals surface area contributed by atoms with Crippen molar-refractivity contribution >= 4 is 27.7 Å². The van der Waals surface area contributed by atoms with Gasteiger partial charge >= 0.3 is 5.97 Å². The van der Waals surface area contributed by atoms with E-state index in [1.807, 2.05) is 6.92 Å². The number of thiazole rings is 1. The van der Waals surface area contributed by atoms with Gasteiger partial charge in [0.25, 0.3) is 0 Å². The van der Waals surface area contributed by atoms with E-state index in [1.54, 1.807) is 0 Å². The van der Waals surface area contributed by atoms with Gasteiger partial charge in [0.1, 0.15) is 10.3 Å².